The molecule has 0 fully saturated rings. The molecule has 0 heterocycles. The molecule has 0 amide bonds. The van der Waals surface area contributed by atoms with Gasteiger partial charge in [-0.3, -0.25) is 0 Å². The average molecular weight is 184 g/mol. The van der Waals surface area contributed by atoms with E-state index in [0.717, 1.165) is 5.57 Å². The smallest absolute Gasteiger partial charge is 0.0227 e. The van der Waals surface area contributed by atoms with Gasteiger partial charge < -0.3 is 0 Å². The lowest BCUT2D eigenvalue weighted by Gasteiger charge is -2.01. The van der Waals surface area contributed by atoms with Crippen LogP contribution in [0.4, 0.5) is 0 Å². The molecule has 0 nitrogen and oxygen atoms in total. The van der Waals surface area contributed by atoms with E-state index in [-0.39, 0.29) is 0 Å². The van der Waals surface area contributed by atoms with E-state index in [2.05, 4.69) is 49.9 Å². The van der Waals surface area contributed by atoms with Gasteiger partial charge in [0.1, 0.15) is 0 Å². The highest BCUT2D eigenvalue weighted by Crippen LogP contribution is 2.15. The lowest BCUT2D eigenvalue weighted by atomic mass is 10.0. The van der Waals surface area contributed by atoms with E-state index in [0.29, 0.717) is 0 Å². The van der Waals surface area contributed by atoms with Crippen LogP contribution in [0.25, 0.3) is 5.57 Å². The largest absolute Gasteiger partial charge is 0.0985 e. The topological polar surface area (TPSA) is 0 Å². The highest BCUT2D eigenvalue weighted by Gasteiger charge is 1.93. The Morgan fingerprint density at radius 3 is 2.36 bits per heavy atom. The Kier molecular flexibility index (Phi) is 3.93. The van der Waals surface area contributed by atoms with Crippen LogP contribution in [0.2, 0.25) is 0 Å². The molecule has 0 atom stereocenters. The maximum absolute atomic E-state index is 3.77. The first-order valence-corrected chi connectivity index (χ1v) is 4.80. The molecule has 1 aromatic carbocycles. The molecule has 0 aliphatic carbocycles. The molecule has 0 bridgehead atoms. The summed E-state index contributed by atoms with van der Waals surface area (Å²) in [6.45, 7) is 7.90. The van der Waals surface area contributed by atoms with Crippen molar-refractivity contribution in [3.63, 3.8) is 0 Å². The predicted molar refractivity (Wildman–Crippen MR) is 64.0 cm³/mol. The minimum atomic E-state index is 1.16. The lowest BCUT2D eigenvalue weighted by molar-refractivity contribution is 1.53. The number of benzene rings is 1. The zero-order valence-electron chi connectivity index (χ0n) is 8.83. The average Bonchev–Trinajstić information content (AvgIpc) is 2.26. The number of allylic oxidation sites excluding steroid dienone is 5. The van der Waals surface area contributed by atoms with Gasteiger partial charge in [0.2, 0.25) is 0 Å². The second-order valence-corrected chi connectivity index (χ2v) is 3.19. The molecule has 0 saturated carbocycles. The van der Waals surface area contributed by atoms with Crippen LogP contribution in [0.5, 0.6) is 0 Å². The van der Waals surface area contributed by atoms with Gasteiger partial charge in [0.25, 0.3) is 0 Å². The molecule has 0 saturated heterocycles. The number of hydrogen-bond acceptors (Lipinski definition) is 0. The fourth-order valence-electron chi connectivity index (χ4n) is 1.29. The fraction of sp³-hybridized carbons (Fsp3) is 0.143. The van der Waals surface area contributed by atoms with Crippen LogP contribution < -0.4 is 0 Å². The molecule has 72 valence electrons. The van der Waals surface area contributed by atoms with Crippen molar-refractivity contribution >= 4 is 5.57 Å². The van der Waals surface area contributed by atoms with Crippen molar-refractivity contribution in [1.29, 1.82) is 0 Å². The van der Waals surface area contributed by atoms with Crippen LogP contribution in [0.1, 0.15) is 19.4 Å². The van der Waals surface area contributed by atoms with Gasteiger partial charge >= 0.3 is 0 Å². The van der Waals surface area contributed by atoms with E-state index in [1.807, 2.05) is 19.1 Å². The van der Waals surface area contributed by atoms with Crippen molar-refractivity contribution in [2.45, 2.75) is 13.8 Å². The first kappa shape index (κ1) is 10.5. The van der Waals surface area contributed by atoms with Crippen molar-refractivity contribution in [1.82, 2.24) is 0 Å². The molecule has 0 spiro atoms. The summed E-state index contributed by atoms with van der Waals surface area (Å²) in [4.78, 5) is 0. The Labute approximate surface area is 86.3 Å². The summed E-state index contributed by atoms with van der Waals surface area (Å²) < 4.78 is 0. The van der Waals surface area contributed by atoms with Crippen LogP contribution in [0, 0.1) is 0 Å². The third-order valence-corrected chi connectivity index (χ3v) is 2.18. The summed E-state index contributed by atoms with van der Waals surface area (Å²) in [6.07, 6.45) is 6.06. The molecule has 0 N–H and O–H groups in total. The quantitative estimate of drug-likeness (QED) is 0.617. The predicted octanol–water partition coefficient (Wildman–Crippen LogP) is 4.22. The summed E-state index contributed by atoms with van der Waals surface area (Å²) in [5, 5.41) is 0. The zero-order chi connectivity index (χ0) is 10.4. The van der Waals surface area contributed by atoms with Crippen molar-refractivity contribution in [2.75, 3.05) is 0 Å². The summed E-state index contributed by atoms with van der Waals surface area (Å²) in [7, 11) is 0. The molecule has 1 rings (SSSR count). The van der Waals surface area contributed by atoms with E-state index >= 15 is 0 Å². The molecule has 1 aromatic rings. The van der Waals surface area contributed by atoms with Gasteiger partial charge in [-0.1, -0.05) is 55.1 Å². The van der Waals surface area contributed by atoms with Gasteiger partial charge in [-0.15, -0.1) is 0 Å². The van der Waals surface area contributed by atoms with Gasteiger partial charge in [-0.2, -0.15) is 0 Å². The highest BCUT2D eigenvalue weighted by atomic mass is 14.0. The Morgan fingerprint density at radius 2 is 1.86 bits per heavy atom. The summed E-state index contributed by atoms with van der Waals surface area (Å²) >= 11 is 0. The van der Waals surface area contributed by atoms with Crippen molar-refractivity contribution in [3.05, 3.63) is 66.3 Å². The summed E-state index contributed by atoms with van der Waals surface area (Å²) in [6, 6.07) is 10.4. The molecule has 0 aliphatic heterocycles. The van der Waals surface area contributed by atoms with Gasteiger partial charge in [0.15, 0.2) is 0 Å². The molecule has 0 radical (unpaired) electrons. The van der Waals surface area contributed by atoms with Gasteiger partial charge in [0.05, 0.1) is 0 Å². The van der Waals surface area contributed by atoms with Gasteiger partial charge in [0, 0.05) is 0 Å². The first-order valence-electron chi connectivity index (χ1n) is 4.80. The lowest BCUT2D eigenvalue weighted by Crippen LogP contribution is -1.79. The van der Waals surface area contributed by atoms with Crippen LogP contribution in [-0.2, 0) is 0 Å². The first-order chi connectivity index (χ1) is 6.77. The second kappa shape index (κ2) is 5.23. The maximum Gasteiger partial charge on any atom is -0.0227 e. The molecule has 0 aromatic heterocycles. The molecular weight excluding hydrogens is 168 g/mol. The Hall–Kier alpha value is -1.56. The highest BCUT2D eigenvalue weighted by molar-refractivity contribution is 5.67. The van der Waals surface area contributed by atoms with Crippen molar-refractivity contribution < 1.29 is 0 Å². The number of hydrogen-bond donors (Lipinski definition) is 0. The standard InChI is InChI=1S/C14H16/c1-4-13(5-2)11-12(3)14-9-7-6-8-10-14/h4-11H,1H2,2-3H3. The van der Waals surface area contributed by atoms with Crippen LogP contribution >= 0.6 is 0 Å². The van der Waals surface area contributed by atoms with Crippen LogP contribution in [0.3, 0.4) is 0 Å². The van der Waals surface area contributed by atoms with E-state index in [4.69, 9.17) is 0 Å². The minimum absolute atomic E-state index is 1.16. The van der Waals surface area contributed by atoms with E-state index in [9.17, 15) is 0 Å². The van der Waals surface area contributed by atoms with Gasteiger partial charge in [-0.25, -0.2) is 0 Å². The summed E-state index contributed by atoms with van der Waals surface area (Å²) in [5.74, 6) is 0. The zero-order valence-corrected chi connectivity index (χ0v) is 8.83. The number of rotatable bonds is 3. The van der Waals surface area contributed by atoms with Gasteiger partial charge in [-0.05, 0) is 30.6 Å². The Bertz CT molecular complexity index is 353. The van der Waals surface area contributed by atoms with Crippen LogP contribution in [-0.4, -0.2) is 0 Å². The fourth-order valence-corrected chi connectivity index (χ4v) is 1.29. The minimum Gasteiger partial charge on any atom is -0.0985 e. The third-order valence-electron chi connectivity index (χ3n) is 2.18. The van der Waals surface area contributed by atoms with Crippen molar-refractivity contribution in [3.8, 4) is 0 Å². The van der Waals surface area contributed by atoms with E-state index < -0.39 is 0 Å². The van der Waals surface area contributed by atoms with E-state index in [1.165, 1.54) is 11.1 Å². The molecule has 14 heavy (non-hydrogen) atoms. The van der Waals surface area contributed by atoms with Crippen molar-refractivity contribution in [2.24, 2.45) is 0 Å². The molecule has 0 heteroatoms. The monoisotopic (exact) mass is 184 g/mol. The molecule has 0 aliphatic rings. The molecule has 0 unspecified atom stereocenters. The second-order valence-electron chi connectivity index (χ2n) is 3.19. The third kappa shape index (κ3) is 2.74. The normalized spacial score (nSPS) is 12.7. The van der Waals surface area contributed by atoms with E-state index in [1.54, 1.807) is 0 Å². The Morgan fingerprint density at radius 1 is 1.21 bits per heavy atom. The molecular formula is C14H16. The SMILES string of the molecule is C=CC(=CC)C=C(C)c1ccccc1. The Balaban J connectivity index is 2.95. The summed E-state index contributed by atoms with van der Waals surface area (Å²) in [5.41, 5.74) is 3.68. The van der Waals surface area contributed by atoms with Crippen LogP contribution in [0.15, 0.2) is 60.7 Å². The maximum atomic E-state index is 3.77.